The molecule has 112 valence electrons. The summed E-state index contributed by atoms with van der Waals surface area (Å²) in [5.41, 5.74) is 8.01. The van der Waals surface area contributed by atoms with E-state index in [0.717, 1.165) is 54.4 Å². The van der Waals surface area contributed by atoms with Crippen LogP contribution in [0.15, 0.2) is 30.5 Å². The first-order valence-corrected chi connectivity index (χ1v) is 8.10. The van der Waals surface area contributed by atoms with Crippen molar-refractivity contribution >= 4 is 22.5 Å². The van der Waals surface area contributed by atoms with Gasteiger partial charge in [0.15, 0.2) is 0 Å². The van der Waals surface area contributed by atoms with Crippen molar-refractivity contribution < 1.29 is 0 Å². The van der Waals surface area contributed by atoms with E-state index >= 15 is 0 Å². The standard InChI is InChI=1S/C17H22ClN3/c18-16-6-5-14(17-15(16)4-1-9-20-17)12-21-10-2-3-13(11-21)7-8-19/h1,4-6,9,13H,2-3,7-8,10-12,19H2. The van der Waals surface area contributed by atoms with E-state index in [-0.39, 0.29) is 0 Å². The van der Waals surface area contributed by atoms with E-state index in [0.29, 0.717) is 0 Å². The normalized spacial score (nSPS) is 20.0. The maximum atomic E-state index is 6.27. The second-order valence-electron chi connectivity index (χ2n) is 5.93. The number of rotatable bonds is 4. The maximum absolute atomic E-state index is 6.27. The fourth-order valence-electron chi connectivity index (χ4n) is 3.33. The van der Waals surface area contributed by atoms with E-state index in [1.807, 2.05) is 24.4 Å². The Labute approximate surface area is 131 Å². The van der Waals surface area contributed by atoms with Gasteiger partial charge in [0.05, 0.1) is 5.52 Å². The molecule has 1 saturated heterocycles. The predicted molar refractivity (Wildman–Crippen MR) is 88.4 cm³/mol. The quantitative estimate of drug-likeness (QED) is 0.940. The number of likely N-dealkylation sites (tertiary alicyclic amines) is 1. The fourth-order valence-corrected chi connectivity index (χ4v) is 3.55. The van der Waals surface area contributed by atoms with Gasteiger partial charge in [-0.25, -0.2) is 0 Å². The Morgan fingerprint density at radius 2 is 2.24 bits per heavy atom. The summed E-state index contributed by atoms with van der Waals surface area (Å²) in [5.74, 6) is 0.746. The van der Waals surface area contributed by atoms with E-state index in [2.05, 4.69) is 16.0 Å². The molecule has 1 aliphatic heterocycles. The van der Waals surface area contributed by atoms with Crippen LogP contribution in [-0.4, -0.2) is 29.5 Å². The van der Waals surface area contributed by atoms with Crippen molar-refractivity contribution in [3.8, 4) is 0 Å². The molecule has 1 unspecified atom stereocenters. The first kappa shape index (κ1) is 14.8. The molecule has 3 nitrogen and oxygen atoms in total. The largest absolute Gasteiger partial charge is 0.330 e. The summed E-state index contributed by atoms with van der Waals surface area (Å²) in [6, 6.07) is 8.09. The predicted octanol–water partition coefficient (Wildman–Crippen LogP) is 3.45. The molecule has 0 aliphatic carbocycles. The van der Waals surface area contributed by atoms with Crippen LogP contribution in [0.4, 0.5) is 0 Å². The van der Waals surface area contributed by atoms with Crippen molar-refractivity contribution in [2.45, 2.75) is 25.8 Å². The molecule has 1 aliphatic rings. The van der Waals surface area contributed by atoms with Gasteiger partial charge >= 0.3 is 0 Å². The Morgan fingerprint density at radius 3 is 3.10 bits per heavy atom. The number of halogens is 1. The van der Waals surface area contributed by atoms with E-state index in [9.17, 15) is 0 Å². The van der Waals surface area contributed by atoms with Crippen LogP contribution in [-0.2, 0) is 6.54 Å². The summed E-state index contributed by atoms with van der Waals surface area (Å²) in [4.78, 5) is 7.06. The zero-order chi connectivity index (χ0) is 14.7. The molecule has 21 heavy (non-hydrogen) atoms. The molecule has 2 N–H and O–H groups in total. The second-order valence-corrected chi connectivity index (χ2v) is 6.33. The highest BCUT2D eigenvalue weighted by molar-refractivity contribution is 6.35. The number of nitrogens with two attached hydrogens (primary N) is 1. The maximum Gasteiger partial charge on any atom is 0.0761 e. The SMILES string of the molecule is NCCC1CCCN(Cc2ccc(Cl)c3cccnc23)C1. The molecule has 3 rings (SSSR count). The molecule has 2 aromatic rings. The van der Waals surface area contributed by atoms with Crippen LogP contribution in [0, 0.1) is 5.92 Å². The third-order valence-corrected chi connectivity index (χ3v) is 4.70. The van der Waals surface area contributed by atoms with Crippen LogP contribution >= 0.6 is 11.6 Å². The average molecular weight is 304 g/mol. The number of aromatic nitrogens is 1. The monoisotopic (exact) mass is 303 g/mol. The lowest BCUT2D eigenvalue weighted by Crippen LogP contribution is -2.35. The molecule has 0 amide bonds. The van der Waals surface area contributed by atoms with Crippen molar-refractivity contribution in [2.24, 2.45) is 11.7 Å². The van der Waals surface area contributed by atoms with E-state index in [1.165, 1.54) is 18.4 Å². The number of hydrogen-bond donors (Lipinski definition) is 1. The molecule has 1 aromatic carbocycles. The lowest BCUT2D eigenvalue weighted by Gasteiger charge is -2.32. The van der Waals surface area contributed by atoms with Crippen molar-refractivity contribution in [3.63, 3.8) is 0 Å². The lowest BCUT2D eigenvalue weighted by atomic mass is 9.94. The average Bonchev–Trinajstić information content (AvgIpc) is 2.51. The number of benzene rings is 1. The Morgan fingerprint density at radius 1 is 1.33 bits per heavy atom. The third kappa shape index (κ3) is 3.37. The lowest BCUT2D eigenvalue weighted by molar-refractivity contribution is 0.163. The number of hydrogen-bond acceptors (Lipinski definition) is 3. The van der Waals surface area contributed by atoms with Crippen LogP contribution in [0.5, 0.6) is 0 Å². The van der Waals surface area contributed by atoms with Gasteiger partial charge in [0.1, 0.15) is 0 Å². The van der Waals surface area contributed by atoms with Crippen molar-refractivity contribution in [2.75, 3.05) is 19.6 Å². The Hall–Kier alpha value is -1.16. The van der Waals surface area contributed by atoms with Gasteiger partial charge in [-0.1, -0.05) is 17.7 Å². The summed E-state index contributed by atoms with van der Waals surface area (Å²) in [7, 11) is 0. The molecule has 1 aromatic heterocycles. The molecule has 0 bridgehead atoms. The summed E-state index contributed by atoms with van der Waals surface area (Å²) >= 11 is 6.27. The van der Waals surface area contributed by atoms with Gasteiger partial charge in [-0.15, -0.1) is 0 Å². The second kappa shape index (κ2) is 6.73. The van der Waals surface area contributed by atoms with Gasteiger partial charge in [0, 0.05) is 29.7 Å². The summed E-state index contributed by atoms with van der Waals surface area (Å²) in [6.45, 7) is 4.06. The fraction of sp³-hybridized carbons (Fsp3) is 0.471. The minimum absolute atomic E-state index is 0.746. The Balaban J connectivity index is 1.80. The topological polar surface area (TPSA) is 42.1 Å². The van der Waals surface area contributed by atoms with Gasteiger partial charge in [-0.05, 0) is 62.0 Å². The molecule has 0 spiro atoms. The van der Waals surface area contributed by atoms with Gasteiger partial charge in [0.25, 0.3) is 0 Å². The molecular weight excluding hydrogens is 282 g/mol. The van der Waals surface area contributed by atoms with Crippen LogP contribution in [0.3, 0.4) is 0 Å². The van der Waals surface area contributed by atoms with Gasteiger partial charge in [-0.2, -0.15) is 0 Å². The Bertz CT molecular complexity index is 612. The first-order chi connectivity index (χ1) is 10.3. The highest BCUT2D eigenvalue weighted by Gasteiger charge is 2.20. The molecule has 1 atom stereocenters. The first-order valence-electron chi connectivity index (χ1n) is 7.72. The van der Waals surface area contributed by atoms with Gasteiger partial charge < -0.3 is 5.73 Å². The number of pyridine rings is 1. The van der Waals surface area contributed by atoms with Crippen LogP contribution in [0.25, 0.3) is 10.9 Å². The third-order valence-electron chi connectivity index (χ3n) is 4.37. The van der Waals surface area contributed by atoms with Crippen LogP contribution in [0.2, 0.25) is 5.02 Å². The molecule has 4 heteroatoms. The smallest absolute Gasteiger partial charge is 0.0761 e. The van der Waals surface area contributed by atoms with Crippen molar-refractivity contribution in [1.29, 1.82) is 0 Å². The van der Waals surface area contributed by atoms with Crippen LogP contribution < -0.4 is 5.73 Å². The molecule has 0 radical (unpaired) electrons. The van der Waals surface area contributed by atoms with E-state index in [1.54, 1.807) is 0 Å². The molecular formula is C17H22ClN3. The summed E-state index contributed by atoms with van der Waals surface area (Å²) in [6.07, 6.45) is 5.56. The van der Waals surface area contributed by atoms with E-state index < -0.39 is 0 Å². The van der Waals surface area contributed by atoms with Crippen LogP contribution in [0.1, 0.15) is 24.8 Å². The van der Waals surface area contributed by atoms with E-state index in [4.69, 9.17) is 17.3 Å². The Kier molecular flexibility index (Phi) is 4.73. The summed E-state index contributed by atoms with van der Waals surface area (Å²) < 4.78 is 0. The number of piperidine rings is 1. The molecule has 1 fully saturated rings. The summed E-state index contributed by atoms with van der Waals surface area (Å²) in [5, 5.41) is 1.83. The van der Waals surface area contributed by atoms with Gasteiger partial charge in [0.2, 0.25) is 0 Å². The van der Waals surface area contributed by atoms with Crippen molar-refractivity contribution in [1.82, 2.24) is 9.88 Å². The molecule has 2 heterocycles. The molecule has 0 saturated carbocycles. The number of fused-ring (bicyclic) bond motifs is 1. The highest BCUT2D eigenvalue weighted by atomic mass is 35.5. The number of nitrogens with zero attached hydrogens (tertiary/aromatic N) is 2. The minimum atomic E-state index is 0.746. The highest BCUT2D eigenvalue weighted by Crippen LogP contribution is 2.27. The van der Waals surface area contributed by atoms with Gasteiger partial charge in [-0.3, -0.25) is 9.88 Å². The zero-order valence-electron chi connectivity index (χ0n) is 12.3. The van der Waals surface area contributed by atoms with Crippen molar-refractivity contribution in [3.05, 3.63) is 41.0 Å². The minimum Gasteiger partial charge on any atom is -0.330 e. The zero-order valence-corrected chi connectivity index (χ0v) is 13.0.